The molecular weight excluding hydrogens is 297 g/mol. The van der Waals surface area contributed by atoms with Gasteiger partial charge in [0.2, 0.25) is 0 Å². The van der Waals surface area contributed by atoms with E-state index in [9.17, 15) is 9.18 Å². The van der Waals surface area contributed by atoms with Crippen molar-refractivity contribution in [3.8, 4) is 0 Å². The minimum absolute atomic E-state index is 0.302. The second-order valence-corrected chi connectivity index (χ2v) is 5.43. The number of aryl methyl sites for hydroxylation is 1. The number of benzene rings is 2. The predicted octanol–water partition coefficient (Wildman–Crippen LogP) is 2.89. The molecule has 0 aliphatic rings. The number of halogens is 1. The summed E-state index contributed by atoms with van der Waals surface area (Å²) in [6, 6.07) is 15.6. The Balaban J connectivity index is 2.18. The summed E-state index contributed by atoms with van der Waals surface area (Å²) >= 11 is 0. The summed E-state index contributed by atoms with van der Waals surface area (Å²) in [6.45, 7) is 0. The Morgan fingerprint density at radius 2 is 1.78 bits per heavy atom. The van der Waals surface area contributed by atoms with Crippen LogP contribution in [0.15, 0.2) is 54.6 Å². The van der Waals surface area contributed by atoms with Crippen LogP contribution in [0.5, 0.6) is 0 Å². The summed E-state index contributed by atoms with van der Waals surface area (Å²) in [7, 11) is 1.45. The minimum Gasteiger partial charge on any atom is -0.368 e. The smallest absolute Gasteiger partial charge is 0.275 e. The Kier molecular flexibility index (Phi) is 5.84. The number of ether oxygens (including phenoxy) is 1. The minimum atomic E-state index is -1.19. The van der Waals surface area contributed by atoms with E-state index in [1.54, 1.807) is 17.6 Å². The molecule has 1 atom stereocenters. The second kappa shape index (κ2) is 7.85. The highest BCUT2D eigenvalue weighted by Crippen LogP contribution is 2.24. The predicted molar refractivity (Wildman–Crippen MR) is 84.5 cm³/mol. The van der Waals surface area contributed by atoms with E-state index < -0.39 is 11.5 Å². The van der Waals surface area contributed by atoms with Crippen LogP contribution in [0.2, 0.25) is 0 Å². The maximum atomic E-state index is 13.0. The molecule has 122 valence electrons. The van der Waals surface area contributed by atoms with Gasteiger partial charge in [0.1, 0.15) is 5.82 Å². The lowest BCUT2D eigenvalue weighted by atomic mass is 9.87. The van der Waals surface area contributed by atoms with E-state index in [4.69, 9.17) is 9.94 Å². The fourth-order valence-electron chi connectivity index (χ4n) is 2.57. The van der Waals surface area contributed by atoms with Crippen molar-refractivity contribution >= 4 is 5.91 Å². The van der Waals surface area contributed by atoms with E-state index in [0.29, 0.717) is 19.3 Å². The molecule has 0 saturated carbocycles. The van der Waals surface area contributed by atoms with Gasteiger partial charge >= 0.3 is 0 Å². The van der Waals surface area contributed by atoms with Gasteiger partial charge in [0.25, 0.3) is 5.91 Å². The Bertz CT molecular complexity index is 630. The summed E-state index contributed by atoms with van der Waals surface area (Å²) in [5.41, 5.74) is 2.33. The van der Waals surface area contributed by atoms with Gasteiger partial charge in [-0.1, -0.05) is 42.5 Å². The Hall–Kier alpha value is -2.24. The number of carbonyl (C=O) groups is 1. The molecule has 0 aliphatic heterocycles. The lowest BCUT2D eigenvalue weighted by molar-refractivity contribution is -0.153. The number of rotatable bonds is 7. The van der Waals surface area contributed by atoms with E-state index in [1.807, 2.05) is 30.3 Å². The third-order valence-corrected chi connectivity index (χ3v) is 3.97. The molecule has 4 nitrogen and oxygen atoms in total. The van der Waals surface area contributed by atoms with Gasteiger partial charge in [-0.05, 0) is 36.1 Å². The van der Waals surface area contributed by atoms with Crippen molar-refractivity contribution in [2.75, 3.05) is 7.11 Å². The summed E-state index contributed by atoms with van der Waals surface area (Å²) in [6.07, 6.45) is 1.21. The average Bonchev–Trinajstić information content (AvgIpc) is 2.60. The maximum absolute atomic E-state index is 13.0. The van der Waals surface area contributed by atoms with Gasteiger partial charge in [-0.3, -0.25) is 10.0 Å². The van der Waals surface area contributed by atoms with Crippen LogP contribution in [0.1, 0.15) is 17.5 Å². The van der Waals surface area contributed by atoms with Crippen LogP contribution < -0.4 is 5.48 Å². The van der Waals surface area contributed by atoms with E-state index >= 15 is 0 Å². The number of hydroxylamine groups is 1. The van der Waals surface area contributed by atoms with Crippen molar-refractivity contribution < 1.29 is 19.1 Å². The first-order valence-corrected chi connectivity index (χ1v) is 7.38. The topological polar surface area (TPSA) is 58.6 Å². The zero-order valence-electron chi connectivity index (χ0n) is 13.0. The third-order valence-electron chi connectivity index (χ3n) is 3.97. The molecule has 0 aromatic heterocycles. The van der Waals surface area contributed by atoms with E-state index in [0.717, 1.165) is 11.1 Å². The standard InChI is InChI=1S/C18H20FNO3/c1-23-18(17(21)20-22,13-15-5-3-2-4-6-15)12-11-14-7-9-16(19)10-8-14/h2-10,22H,11-13H2,1H3,(H,20,21)/t18-/m0/s1. The van der Waals surface area contributed by atoms with Crippen LogP contribution >= 0.6 is 0 Å². The molecule has 0 heterocycles. The van der Waals surface area contributed by atoms with Gasteiger partial charge in [-0.2, -0.15) is 0 Å². The normalized spacial score (nSPS) is 13.3. The maximum Gasteiger partial charge on any atom is 0.275 e. The van der Waals surface area contributed by atoms with Crippen molar-refractivity contribution in [1.82, 2.24) is 5.48 Å². The molecule has 2 rings (SSSR count). The van der Waals surface area contributed by atoms with E-state index in [1.165, 1.54) is 19.2 Å². The highest BCUT2D eigenvalue weighted by atomic mass is 19.1. The highest BCUT2D eigenvalue weighted by Gasteiger charge is 2.38. The molecule has 0 saturated heterocycles. The lowest BCUT2D eigenvalue weighted by Gasteiger charge is -2.30. The van der Waals surface area contributed by atoms with Gasteiger partial charge in [0.15, 0.2) is 5.60 Å². The van der Waals surface area contributed by atoms with Crippen LogP contribution in [0.3, 0.4) is 0 Å². The highest BCUT2D eigenvalue weighted by molar-refractivity contribution is 5.84. The van der Waals surface area contributed by atoms with Crippen LogP contribution in [-0.4, -0.2) is 23.8 Å². The fraction of sp³-hybridized carbons (Fsp3) is 0.278. The molecule has 1 amide bonds. The van der Waals surface area contributed by atoms with Gasteiger partial charge in [-0.25, -0.2) is 9.87 Å². The monoisotopic (exact) mass is 317 g/mol. The molecule has 0 spiro atoms. The Morgan fingerprint density at radius 1 is 1.13 bits per heavy atom. The number of nitrogens with one attached hydrogen (secondary N) is 1. The Morgan fingerprint density at radius 3 is 2.35 bits per heavy atom. The molecule has 0 fully saturated rings. The first-order valence-electron chi connectivity index (χ1n) is 7.38. The number of methoxy groups -OCH3 is 1. The average molecular weight is 317 g/mol. The number of hydrogen-bond donors (Lipinski definition) is 2. The first-order chi connectivity index (χ1) is 11.1. The summed E-state index contributed by atoms with van der Waals surface area (Å²) in [5, 5.41) is 9.08. The van der Waals surface area contributed by atoms with Crippen molar-refractivity contribution in [2.24, 2.45) is 0 Å². The van der Waals surface area contributed by atoms with Gasteiger partial charge in [-0.15, -0.1) is 0 Å². The molecule has 2 N–H and O–H groups in total. The first kappa shape index (κ1) is 17.1. The summed E-state index contributed by atoms with van der Waals surface area (Å²) < 4.78 is 18.5. The van der Waals surface area contributed by atoms with Crippen molar-refractivity contribution in [3.05, 3.63) is 71.5 Å². The van der Waals surface area contributed by atoms with Gasteiger partial charge < -0.3 is 4.74 Å². The summed E-state index contributed by atoms with van der Waals surface area (Å²) in [4.78, 5) is 12.2. The van der Waals surface area contributed by atoms with E-state index in [2.05, 4.69) is 0 Å². The van der Waals surface area contributed by atoms with Gasteiger partial charge in [0, 0.05) is 13.5 Å². The molecule has 2 aromatic rings. The third kappa shape index (κ3) is 4.37. The van der Waals surface area contributed by atoms with Crippen LogP contribution in [0, 0.1) is 5.82 Å². The van der Waals surface area contributed by atoms with Crippen molar-refractivity contribution in [1.29, 1.82) is 0 Å². The van der Waals surface area contributed by atoms with Crippen molar-refractivity contribution in [3.63, 3.8) is 0 Å². The number of amides is 1. The van der Waals surface area contributed by atoms with Crippen LogP contribution in [0.25, 0.3) is 0 Å². The molecule has 2 aromatic carbocycles. The molecular formula is C18H20FNO3. The fourth-order valence-corrected chi connectivity index (χ4v) is 2.57. The number of carbonyl (C=O) groups excluding carboxylic acids is 1. The zero-order chi connectivity index (χ0) is 16.7. The molecule has 0 unspecified atom stereocenters. The lowest BCUT2D eigenvalue weighted by Crippen LogP contribution is -2.49. The zero-order valence-corrected chi connectivity index (χ0v) is 13.0. The van der Waals surface area contributed by atoms with Crippen LogP contribution in [-0.2, 0) is 22.4 Å². The van der Waals surface area contributed by atoms with Crippen LogP contribution in [0.4, 0.5) is 4.39 Å². The largest absolute Gasteiger partial charge is 0.368 e. The SMILES string of the molecule is CO[C@@](CCc1ccc(F)cc1)(Cc1ccccc1)C(=O)NO. The summed E-state index contributed by atoms with van der Waals surface area (Å²) in [5.74, 6) is -0.893. The quantitative estimate of drug-likeness (QED) is 0.610. The molecule has 0 aliphatic carbocycles. The second-order valence-electron chi connectivity index (χ2n) is 5.43. The molecule has 23 heavy (non-hydrogen) atoms. The van der Waals surface area contributed by atoms with E-state index in [-0.39, 0.29) is 5.82 Å². The molecule has 0 bridgehead atoms. The molecule has 0 radical (unpaired) electrons. The number of hydrogen-bond acceptors (Lipinski definition) is 3. The van der Waals surface area contributed by atoms with Gasteiger partial charge in [0.05, 0.1) is 0 Å². The Labute approximate surface area is 134 Å². The molecule has 5 heteroatoms. The van der Waals surface area contributed by atoms with Crippen molar-refractivity contribution in [2.45, 2.75) is 24.9 Å².